The van der Waals surface area contributed by atoms with Gasteiger partial charge in [0.2, 0.25) is 12.7 Å². The molecule has 2 aliphatic carbocycles. The standard InChI is InChI=1S/C25H24ClN3O4/c1-23(2)24(3)7-8-25(23,22(30)29-16-9-13(26)5-6-17(16)31-4)21-20(24)27-14-10-18-19(33-12-32-18)11-15(14)28-21/h5-6,9-11H,7-8,12H2,1-4H3,(H,29,30). The lowest BCUT2D eigenvalue weighted by molar-refractivity contribution is -0.125. The Balaban J connectivity index is 1.53. The lowest BCUT2D eigenvalue weighted by atomic mass is 9.63. The third kappa shape index (κ3) is 2.43. The van der Waals surface area contributed by atoms with Gasteiger partial charge in [-0.05, 0) is 36.5 Å². The number of fused-ring (bicyclic) bond motifs is 7. The molecule has 1 saturated carbocycles. The number of methoxy groups -OCH3 is 1. The number of ether oxygens (including phenoxy) is 3. The van der Waals surface area contributed by atoms with Crippen LogP contribution in [-0.2, 0) is 15.6 Å². The number of rotatable bonds is 3. The van der Waals surface area contributed by atoms with Crippen LogP contribution < -0.4 is 19.5 Å². The number of aromatic nitrogens is 2. The third-order valence-electron chi connectivity index (χ3n) is 8.33. The lowest BCUT2D eigenvalue weighted by Gasteiger charge is -2.39. The number of halogens is 1. The Morgan fingerprint density at radius 1 is 1.03 bits per heavy atom. The number of hydrogen-bond acceptors (Lipinski definition) is 6. The summed E-state index contributed by atoms with van der Waals surface area (Å²) in [5, 5.41) is 3.63. The van der Waals surface area contributed by atoms with Crippen LogP contribution in [0, 0.1) is 5.41 Å². The molecule has 0 saturated heterocycles. The predicted molar refractivity (Wildman–Crippen MR) is 124 cm³/mol. The quantitative estimate of drug-likeness (QED) is 0.586. The molecule has 2 heterocycles. The highest BCUT2D eigenvalue weighted by Crippen LogP contribution is 2.70. The van der Waals surface area contributed by atoms with Crippen molar-refractivity contribution in [3.63, 3.8) is 0 Å². The number of carbonyl (C=O) groups is 1. The Hall–Kier alpha value is -3.06. The highest BCUT2D eigenvalue weighted by atomic mass is 35.5. The van der Waals surface area contributed by atoms with Gasteiger partial charge in [0, 0.05) is 22.6 Å². The minimum Gasteiger partial charge on any atom is -0.495 e. The van der Waals surface area contributed by atoms with Crippen molar-refractivity contribution in [1.29, 1.82) is 0 Å². The second-order valence-corrected chi connectivity index (χ2v) is 10.2. The smallest absolute Gasteiger partial charge is 0.237 e. The molecule has 3 aliphatic rings. The summed E-state index contributed by atoms with van der Waals surface area (Å²) < 4.78 is 16.5. The minimum atomic E-state index is -0.845. The van der Waals surface area contributed by atoms with Gasteiger partial charge in [0.05, 0.1) is 40.6 Å². The normalized spacial score (nSPS) is 25.8. The first-order valence-corrected chi connectivity index (χ1v) is 11.4. The Morgan fingerprint density at radius 2 is 1.70 bits per heavy atom. The molecule has 33 heavy (non-hydrogen) atoms. The third-order valence-corrected chi connectivity index (χ3v) is 8.56. The van der Waals surface area contributed by atoms with Crippen molar-refractivity contribution in [3.05, 3.63) is 46.7 Å². The van der Waals surface area contributed by atoms with Crippen LogP contribution in [0.2, 0.25) is 5.02 Å². The summed E-state index contributed by atoms with van der Waals surface area (Å²) in [5.74, 6) is 1.75. The van der Waals surface area contributed by atoms with Crippen LogP contribution in [0.4, 0.5) is 5.69 Å². The van der Waals surface area contributed by atoms with Crippen molar-refractivity contribution in [2.75, 3.05) is 19.2 Å². The lowest BCUT2D eigenvalue weighted by Crippen LogP contribution is -2.48. The van der Waals surface area contributed by atoms with Crippen LogP contribution in [0.1, 0.15) is 45.0 Å². The first-order chi connectivity index (χ1) is 15.7. The summed E-state index contributed by atoms with van der Waals surface area (Å²) in [5.41, 5.74) is 2.05. The van der Waals surface area contributed by atoms with Crippen LogP contribution in [0.15, 0.2) is 30.3 Å². The molecule has 170 valence electrons. The number of anilines is 1. The van der Waals surface area contributed by atoms with Crippen LogP contribution >= 0.6 is 11.6 Å². The van der Waals surface area contributed by atoms with Gasteiger partial charge in [-0.1, -0.05) is 32.4 Å². The molecule has 2 atom stereocenters. The van der Waals surface area contributed by atoms with E-state index in [2.05, 4.69) is 26.1 Å². The first kappa shape index (κ1) is 20.5. The fourth-order valence-corrected chi connectivity index (χ4v) is 6.17. The van der Waals surface area contributed by atoms with Gasteiger partial charge >= 0.3 is 0 Å². The van der Waals surface area contributed by atoms with Gasteiger partial charge in [0.15, 0.2) is 11.5 Å². The maximum atomic E-state index is 14.1. The predicted octanol–water partition coefficient (Wildman–Crippen LogP) is 4.99. The molecular formula is C25H24ClN3O4. The number of carbonyl (C=O) groups excluding carboxylic acids is 1. The number of nitrogens with one attached hydrogen (secondary N) is 1. The summed E-state index contributed by atoms with van der Waals surface area (Å²) in [7, 11) is 1.57. The van der Waals surface area contributed by atoms with Crippen molar-refractivity contribution < 1.29 is 19.0 Å². The maximum absolute atomic E-state index is 14.1. The van der Waals surface area contributed by atoms with Gasteiger partial charge in [-0.25, -0.2) is 9.97 Å². The van der Waals surface area contributed by atoms with E-state index in [0.29, 0.717) is 39.9 Å². The van der Waals surface area contributed by atoms with Crippen LogP contribution in [0.5, 0.6) is 17.2 Å². The van der Waals surface area contributed by atoms with E-state index in [9.17, 15) is 4.79 Å². The van der Waals surface area contributed by atoms with Crippen LogP contribution in [0.3, 0.4) is 0 Å². The highest BCUT2D eigenvalue weighted by molar-refractivity contribution is 6.31. The van der Waals surface area contributed by atoms with Crippen molar-refractivity contribution in [2.45, 2.75) is 44.4 Å². The molecule has 1 aliphatic heterocycles. The number of hydrogen-bond donors (Lipinski definition) is 1. The number of nitrogens with zero attached hydrogens (tertiary/aromatic N) is 2. The molecule has 1 amide bonds. The molecule has 6 rings (SSSR count). The van der Waals surface area contributed by atoms with Crippen molar-refractivity contribution in [2.24, 2.45) is 5.41 Å². The fraction of sp³-hybridized carbons (Fsp3) is 0.400. The van der Waals surface area contributed by atoms with Crippen LogP contribution in [0.25, 0.3) is 11.0 Å². The Kier molecular flexibility index (Phi) is 4.05. The monoisotopic (exact) mass is 465 g/mol. The summed E-state index contributed by atoms with van der Waals surface area (Å²) in [6, 6.07) is 8.91. The highest BCUT2D eigenvalue weighted by Gasteiger charge is 2.73. The molecule has 1 fully saturated rings. The fourth-order valence-electron chi connectivity index (χ4n) is 6.00. The second-order valence-electron chi connectivity index (χ2n) is 9.78. The Morgan fingerprint density at radius 3 is 2.36 bits per heavy atom. The maximum Gasteiger partial charge on any atom is 0.237 e. The van der Waals surface area contributed by atoms with Gasteiger partial charge < -0.3 is 19.5 Å². The molecule has 2 bridgehead atoms. The molecule has 7 nitrogen and oxygen atoms in total. The molecule has 0 spiro atoms. The Labute approximate surface area is 196 Å². The SMILES string of the molecule is COc1ccc(Cl)cc1NC(=O)C12CCC(C)(c3nc4cc5c(cc4nc31)OCO5)C2(C)C. The van der Waals surface area contributed by atoms with E-state index < -0.39 is 10.8 Å². The first-order valence-electron chi connectivity index (χ1n) is 11.0. The zero-order valence-electron chi connectivity index (χ0n) is 18.9. The van der Waals surface area contributed by atoms with Crippen molar-refractivity contribution in [3.8, 4) is 17.2 Å². The van der Waals surface area contributed by atoms with Gasteiger partial charge in [-0.3, -0.25) is 4.79 Å². The minimum absolute atomic E-state index is 0.120. The van der Waals surface area contributed by atoms with E-state index in [-0.39, 0.29) is 18.1 Å². The van der Waals surface area contributed by atoms with Gasteiger partial charge in [0.1, 0.15) is 5.75 Å². The van der Waals surface area contributed by atoms with Crippen molar-refractivity contribution >= 4 is 34.2 Å². The largest absolute Gasteiger partial charge is 0.495 e. The second kappa shape index (κ2) is 6.50. The molecular weight excluding hydrogens is 442 g/mol. The van der Waals surface area contributed by atoms with E-state index in [0.717, 1.165) is 23.3 Å². The zero-order chi connectivity index (χ0) is 23.2. The molecule has 3 aromatic rings. The van der Waals surface area contributed by atoms with Gasteiger partial charge in [0.25, 0.3) is 0 Å². The average molecular weight is 466 g/mol. The molecule has 2 aromatic carbocycles. The van der Waals surface area contributed by atoms with E-state index in [4.69, 9.17) is 35.8 Å². The van der Waals surface area contributed by atoms with E-state index in [1.54, 1.807) is 25.3 Å². The van der Waals surface area contributed by atoms with E-state index >= 15 is 0 Å². The van der Waals surface area contributed by atoms with E-state index in [1.165, 1.54) is 0 Å². The number of amides is 1. The topological polar surface area (TPSA) is 82.6 Å². The number of benzene rings is 2. The van der Waals surface area contributed by atoms with Crippen LogP contribution in [-0.4, -0.2) is 29.8 Å². The van der Waals surface area contributed by atoms with E-state index in [1.807, 2.05) is 12.1 Å². The zero-order valence-corrected chi connectivity index (χ0v) is 19.7. The van der Waals surface area contributed by atoms with Gasteiger partial charge in [-0.2, -0.15) is 0 Å². The summed E-state index contributed by atoms with van der Waals surface area (Å²) in [6.07, 6.45) is 1.53. The summed E-state index contributed by atoms with van der Waals surface area (Å²) in [6.45, 7) is 6.68. The van der Waals surface area contributed by atoms with Gasteiger partial charge in [-0.15, -0.1) is 0 Å². The van der Waals surface area contributed by atoms with Crippen molar-refractivity contribution in [1.82, 2.24) is 9.97 Å². The summed E-state index contributed by atoms with van der Waals surface area (Å²) >= 11 is 6.21. The molecule has 8 heteroatoms. The molecule has 0 radical (unpaired) electrons. The molecule has 1 N–H and O–H groups in total. The molecule has 2 unspecified atom stereocenters. The summed E-state index contributed by atoms with van der Waals surface area (Å²) in [4.78, 5) is 24.2. The Bertz CT molecular complexity index is 1360. The average Bonchev–Trinajstić information content (AvgIpc) is 3.35. The molecule has 1 aromatic heterocycles.